The van der Waals surface area contributed by atoms with Crippen molar-refractivity contribution in [2.75, 3.05) is 6.61 Å². The van der Waals surface area contributed by atoms with Gasteiger partial charge in [-0.2, -0.15) is 13.2 Å². The zero-order valence-electron chi connectivity index (χ0n) is 16.7. The second-order valence-corrected chi connectivity index (χ2v) is 6.81. The van der Waals surface area contributed by atoms with Crippen LogP contribution in [0.1, 0.15) is 22.3 Å². The van der Waals surface area contributed by atoms with E-state index in [4.69, 9.17) is 9.47 Å². The highest BCUT2D eigenvalue weighted by atomic mass is 19.4. The van der Waals surface area contributed by atoms with Gasteiger partial charge in [-0.05, 0) is 28.8 Å². The molecule has 3 aromatic carbocycles. The van der Waals surface area contributed by atoms with Crippen LogP contribution in [0.5, 0.6) is 5.75 Å². The summed E-state index contributed by atoms with van der Waals surface area (Å²) in [7, 11) is 0. The molecule has 1 amide bonds. The quantitative estimate of drug-likeness (QED) is 0.514. The van der Waals surface area contributed by atoms with E-state index in [1.807, 2.05) is 54.6 Å². The van der Waals surface area contributed by atoms with E-state index in [1.54, 1.807) is 0 Å². The topological polar surface area (TPSA) is 47.6 Å². The number of para-hydroxylation sites is 1. The molecule has 0 atom stereocenters. The lowest BCUT2D eigenvalue weighted by Gasteiger charge is -2.14. The summed E-state index contributed by atoms with van der Waals surface area (Å²) in [5.74, 6) is -0.892. The first-order valence-electron chi connectivity index (χ1n) is 9.67. The van der Waals surface area contributed by atoms with Gasteiger partial charge in [0.2, 0.25) is 0 Å². The van der Waals surface area contributed by atoms with E-state index in [0.29, 0.717) is 13.2 Å². The number of alkyl halides is 3. The second kappa shape index (κ2) is 10.6. The van der Waals surface area contributed by atoms with Gasteiger partial charge < -0.3 is 14.8 Å². The van der Waals surface area contributed by atoms with Gasteiger partial charge in [-0.3, -0.25) is 4.79 Å². The Morgan fingerprint density at radius 1 is 0.806 bits per heavy atom. The lowest BCUT2D eigenvalue weighted by molar-refractivity contribution is -0.139. The Morgan fingerprint density at radius 3 is 2.19 bits per heavy atom. The second-order valence-electron chi connectivity index (χ2n) is 6.81. The summed E-state index contributed by atoms with van der Waals surface area (Å²) >= 11 is 0. The first kappa shape index (κ1) is 22.4. The summed E-state index contributed by atoms with van der Waals surface area (Å²) in [4.78, 5) is 12.1. The Bertz CT molecular complexity index is 991. The molecule has 0 saturated carbocycles. The van der Waals surface area contributed by atoms with E-state index in [-0.39, 0.29) is 12.3 Å². The molecule has 0 unspecified atom stereocenters. The average Bonchev–Trinajstić information content (AvgIpc) is 2.77. The van der Waals surface area contributed by atoms with Gasteiger partial charge in [0.05, 0.1) is 18.8 Å². The molecular formula is C24H22F3NO3. The molecule has 0 spiro atoms. The van der Waals surface area contributed by atoms with Crippen LogP contribution < -0.4 is 10.1 Å². The lowest BCUT2D eigenvalue weighted by atomic mass is 10.1. The summed E-state index contributed by atoms with van der Waals surface area (Å²) in [5.41, 5.74) is 1.93. The molecular weight excluding hydrogens is 407 g/mol. The van der Waals surface area contributed by atoms with Crippen LogP contribution in [0, 0.1) is 0 Å². The number of amides is 1. The van der Waals surface area contributed by atoms with Crippen LogP contribution in [-0.4, -0.2) is 12.5 Å². The van der Waals surface area contributed by atoms with Crippen molar-refractivity contribution in [3.05, 3.63) is 101 Å². The molecule has 0 radical (unpaired) electrons. The molecule has 4 nitrogen and oxygen atoms in total. The summed E-state index contributed by atoms with van der Waals surface area (Å²) in [6.45, 7) is 0.540. The van der Waals surface area contributed by atoms with Crippen LogP contribution in [0.25, 0.3) is 0 Å². The van der Waals surface area contributed by atoms with Gasteiger partial charge in [-0.1, -0.05) is 66.7 Å². The smallest absolute Gasteiger partial charge is 0.419 e. The third-order valence-corrected chi connectivity index (χ3v) is 4.51. The molecule has 1 N–H and O–H groups in total. The Morgan fingerprint density at radius 2 is 1.45 bits per heavy atom. The van der Waals surface area contributed by atoms with Crippen molar-refractivity contribution in [2.24, 2.45) is 0 Å². The number of hydrogen-bond acceptors (Lipinski definition) is 3. The minimum Gasteiger partial charge on any atom is -0.483 e. The fraction of sp³-hybridized carbons (Fsp3) is 0.208. The fourth-order valence-electron chi connectivity index (χ4n) is 2.94. The number of halogens is 3. The molecule has 0 bridgehead atoms. The Balaban J connectivity index is 1.51. The molecule has 0 aliphatic rings. The van der Waals surface area contributed by atoms with Crippen molar-refractivity contribution >= 4 is 5.91 Å². The average molecular weight is 429 g/mol. The highest BCUT2D eigenvalue weighted by Crippen LogP contribution is 2.35. The van der Waals surface area contributed by atoms with Gasteiger partial charge in [0.15, 0.2) is 6.61 Å². The molecule has 7 heteroatoms. The van der Waals surface area contributed by atoms with Crippen molar-refractivity contribution < 1.29 is 27.4 Å². The summed E-state index contributed by atoms with van der Waals surface area (Å²) in [6, 6.07) is 22.1. The largest absolute Gasteiger partial charge is 0.483 e. The monoisotopic (exact) mass is 429 g/mol. The van der Waals surface area contributed by atoms with E-state index in [2.05, 4.69) is 5.32 Å². The number of ether oxygens (including phenoxy) is 2. The zero-order valence-corrected chi connectivity index (χ0v) is 16.7. The summed E-state index contributed by atoms with van der Waals surface area (Å²) < 4.78 is 49.9. The van der Waals surface area contributed by atoms with Crippen molar-refractivity contribution in [2.45, 2.75) is 25.9 Å². The number of benzene rings is 3. The van der Waals surface area contributed by atoms with Crippen molar-refractivity contribution in [3.8, 4) is 5.75 Å². The van der Waals surface area contributed by atoms with Crippen LogP contribution in [-0.2, 0) is 35.5 Å². The van der Waals surface area contributed by atoms with Crippen molar-refractivity contribution in [1.29, 1.82) is 0 Å². The van der Waals surface area contributed by atoms with Gasteiger partial charge in [-0.15, -0.1) is 0 Å². The van der Waals surface area contributed by atoms with Gasteiger partial charge in [0, 0.05) is 6.54 Å². The van der Waals surface area contributed by atoms with Crippen LogP contribution >= 0.6 is 0 Å². The zero-order chi connectivity index (χ0) is 22.1. The van der Waals surface area contributed by atoms with E-state index in [1.165, 1.54) is 18.2 Å². The molecule has 0 aromatic heterocycles. The molecule has 0 saturated heterocycles. The molecule has 0 heterocycles. The van der Waals surface area contributed by atoms with E-state index < -0.39 is 24.3 Å². The first-order chi connectivity index (χ1) is 14.9. The van der Waals surface area contributed by atoms with Gasteiger partial charge in [-0.25, -0.2) is 0 Å². The molecule has 3 aromatic rings. The third kappa shape index (κ3) is 6.86. The van der Waals surface area contributed by atoms with Gasteiger partial charge in [0.1, 0.15) is 5.75 Å². The number of nitrogens with one attached hydrogen (secondary N) is 1. The number of rotatable bonds is 9. The summed E-state index contributed by atoms with van der Waals surface area (Å²) in [5, 5.41) is 2.68. The SMILES string of the molecule is O=C(COc1ccccc1C(F)(F)F)NCc1ccccc1COCc1ccccc1. The highest BCUT2D eigenvalue weighted by molar-refractivity contribution is 5.77. The van der Waals surface area contributed by atoms with Crippen LogP contribution in [0.3, 0.4) is 0 Å². The summed E-state index contributed by atoms with van der Waals surface area (Å²) in [6.07, 6.45) is -4.55. The Kier molecular flexibility index (Phi) is 7.67. The lowest BCUT2D eigenvalue weighted by Crippen LogP contribution is -2.29. The minimum absolute atomic E-state index is 0.216. The number of carbonyl (C=O) groups is 1. The van der Waals surface area contributed by atoms with E-state index in [9.17, 15) is 18.0 Å². The van der Waals surface area contributed by atoms with Crippen molar-refractivity contribution in [3.63, 3.8) is 0 Å². The number of hydrogen-bond donors (Lipinski definition) is 1. The molecule has 3 rings (SSSR count). The standard InChI is InChI=1S/C24H22F3NO3/c25-24(26,27)21-12-6-7-13-22(21)31-17-23(29)28-14-19-10-4-5-11-20(19)16-30-15-18-8-2-1-3-9-18/h1-13H,14-17H2,(H,28,29). The minimum atomic E-state index is -4.55. The van der Waals surface area contributed by atoms with Gasteiger partial charge >= 0.3 is 6.18 Å². The number of carbonyl (C=O) groups excluding carboxylic acids is 1. The highest BCUT2D eigenvalue weighted by Gasteiger charge is 2.34. The normalized spacial score (nSPS) is 11.2. The van der Waals surface area contributed by atoms with E-state index >= 15 is 0 Å². The predicted octanol–water partition coefficient (Wildman–Crippen LogP) is 5.12. The third-order valence-electron chi connectivity index (χ3n) is 4.51. The Labute approximate surface area is 178 Å². The maximum atomic E-state index is 13.0. The van der Waals surface area contributed by atoms with Crippen LogP contribution in [0.2, 0.25) is 0 Å². The molecule has 0 fully saturated rings. The molecule has 0 aliphatic heterocycles. The van der Waals surface area contributed by atoms with Crippen molar-refractivity contribution in [1.82, 2.24) is 5.32 Å². The fourth-order valence-corrected chi connectivity index (χ4v) is 2.94. The molecule has 0 aliphatic carbocycles. The maximum absolute atomic E-state index is 13.0. The Hall–Kier alpha value is -3.32. The van der Waals surface area contributed by atoms with E-state index in [0.717, 1.165) is 22.8 Å². The van der Waals surface area contributed by atoms with Crippen LogP contribution in [0.4, 0.5) is 13.2 Å². The maximum Gasteiger partial charge on any atom is 0.419 e. The van der Waals surface area contributed by atoms with Gasteiger partial charge in [0.25, 0.3) is 5.91 Å². The molecule has 162 valence electrons. The van der Waals surface area contributed by atoms with Crippen LogP contribution in [0.15, 0.2) is 78.9 Å². The predicted molar refractivity (Wildman–Crippen MR) is 110 cm³/mol. The molecule has 31 heavy (non-hydrogen) atoms. The first-order valence-corrected chi connectivity index (χ1v) is 9.67.